The molecule has 0 saturated carbocycles. The molecule has 4 aromatic rings. The molecule has 0 spiro atoms. The Hall–Kier alpha value is -3.33. The highest BCUT2D eigenvalue weighted by atomic mass is 32.1. The predicted molar refractivity (Wildman–Crippen MR) is 116 cm³/mol. The monoisotopic (exact) mass is 460 g/mol. The first-order chi connectivity index (χ1) is 15.1. The zero-order valence-corrected chi connectivity index (χ0v) is 18.0. The summed E-state index contributed by atoms with van der Waals surface area (Å²) in [5.41, 5.74) is 2.29. The minimum Gasteiger partial charge on any atom is -0.488 e. The van der Waals surface area contributed by atoms with Crippen molar-refractivity contribution in [2.24, 2.45) is 7.05 Å². The van der Waals surface area contributed by atoms with Gasteiger partial charge in [0.2, 0.25) is 0 Å². The Morgan fingerprint density at radius 1 is 1.19 bits per heavy atom. The number of carboxylic acid groups (broad SMARTS) is 1. The van der Waals surface area contributed by atoms with E-state index in [0.717, 1.165) is 39.2 Å². The van der Waals surface area contributed by atoms with Gasteiger partial charge in [-0.2, -0.15) is 13.2 Å². The molecule has 2 aromatic heterocycles. The van der Waals surface area contributed by atoms with Crippen LogP contribution in [-0.2, 0) is 31.0 Å². The maximum absolute atomic E-state index is 12.8. The number of benzene rings is 2. The van der Waals surface area contributed by atoms with Crippen molar-refractivity contribution in [1.82, 2.24) is 9.55 Å². The van der Waals surface area contributed by atoms with Gasteiger partial charge in [0.15, 0.2) is 0 Å². The molecule has 0 radical (unpaired) electrons. The number of alkyl halides is 3. The van der Waals surface area contributed by atoms with E-state index in [1.54, 1.807) is 12.3 Å². The Kier molecular flexibility index (Phi) is 5.68. The lowest BCUT2D eigenvalue weighted by atomic mass is 10.1. The number of aliphatic carboxylic acids is 1. The molecule has 2 heterocycles. The second-order valence-corrected chi connectivity index (χ2v) is 8.49. The van der Waals surface area contributed by atoms with Gasteiger partial charge < -0.3 is 14.4 Å². The summed E-state index contributed by atoms with van der Waals surface area (Å²) in [5, 5.41) is 10.6. The summed E-state index contributed by atoms with van der Waals surface area (Å²) in [6, 6.07) is 10.4. The first kappa shape index (κ1) is 21.9. The highest BCUT2D eigenvalue weighted by Gasteiger charge is 2.30. The number of halogens is 3. The highest BCUT2D eigenvalue weighted by molar-refractivity contribution is 7.15. The number of thiazole rings is 1. The van der Waals surface area contributed by atoms with Gasteiger partial charge in [-0.15, -0.1) is 11.3 Å². The third-order valence-corrected chi connectivity index (χ3v) is 6.29. The molecule has 0 bridgehead atoms. The molecule has 9 heteroatoms. The van der Waals surface area contributed by atoms with Crippen LogP contribution in [0.15, 0.2) is 48.7 Å². The summed E-state index contributed by atoms with van der Waals surface area (Å²) in [4.78, 5) is 16.4. The molecular weight excluding hydrogens is 441 g/mol. The lowest BCUT2D eigenvalue weighted by Gasteiger charge is -2.07. The van der Waals surface area contributed by atoms with Crippen LogP contribution < -0.4 is 4.74 Å². The van der Waals surface area contributed by atoms with E-state index >= 15 is 0 Å². The Bertz CT molecular complexity index is 1290. The number of rotatable bonds is 6. The summed E-state index contributed by atoms with van der Waals surface area (Å²) in [6.07, 6.45) is -2.62. The van der Waals surface area contributed by atoms with Crippen molar-refractivity contribution in [2.75, 3.05) is 0 Å². The van der Waals surface area contributed by atoms with Gasteiger partial charge in [0.1, 0.15) is 17.4 Å². The fourth-order valence-electron chi connectivity index (χ4n) is 3.48. The van der Waals surface area contributed by atoms with Crippen molar-refractivity contribution < 1.29 is 27.8 Å². The van der Waals surface area contributed by atoms with E-state index in [0.29, 0.717) is 16.3 Å². The summed E-state index contributed by atoms with van der Waals surface area (Å²) in [7, 11) is 1.85. The van der Waals surface area contributed by atoms with Crippen LogP contribution in [0.25, 0.3) is 21.5 Å². The molecule has 1 N–H and O–H groups in total. The van der Waals surface area contributed by atoms with Crippen molar-refractivity contribution >= 4 is 28.2 Å². The van der Waals surface area contributed by atoms with Crippen LogP contribution >= 0.6 is 11.3 Å². The van der Waals surface area contributed by atoms with Crippen LogP contribution in [0.5, 0.6) is 5.75 Å². The summed E-state index contributed by atoms with van der Waals surface area (Å²) in [6.45, 7) is 2.10. The van der Waals surface area contributed by atoms with Crippen molar-refractivity contribution in [2.45, 2.75) is 26.1 Å². The minimum absolute atomic E-state index is 0.0513. The summed E-state index contributed by atoms with van der Waals surface area (Å²) >= 11 is 1.38. The van der Waals surface area contributed by atoms with Crippen LogP contribution in [-0.4, -0.2) is 20.6 Å². The highest BCUT2D eigenvalue weighted by Crippen LogP contribution is 2.33. The molecule has 0 aliphatic carbocycles. The Morgan fingerprint density at radius 3 is 2.56 bits per heavy atom. The molecule has 166 valence electrons. The number of fused-ring (bicyclic) bond motifs is 1. The van der Waals surface area contributed by atoms with Gasteiger partial charge in [0, 0.05) is 30.3 Å². The number of aryl methyl sites for hydroxylation is 2. The fraction of sp³-hybridized carbons (Fsp3) is 0.217. The van der Waals surface area contributed by atoms with Crippen LogP contribution in [0.2, 0.25) is 0 Å². The van der Waals surface area contributed by atoms with Crippen LogP contribution in [0.3, 0.4) is 0 Å². The number of ether oxygens (including phenoxy) is 1. The number of carboxylic acids is 1. The number of hydrogen-bond donors (Lipinski definition) is 1. The molecule has 0 aliphatic heterocycles. The van der Waals surface area contributed by atoms with E-state index in [-0.39, 0.29) is 13.0 Å². The molecule has 0 aliphatic rings. The van der Waals surface area contributed by atoms with E-state index in [2.05, 4.69) is 4.98 Å². The number of carbonyl (C=O) groups is 1. The van der Waals surface area contributed by atoms with E-state index in [4.69, 9.17) is 9.84 Å². The molecule has 0 fully saturated rings. The first-order valence-electron chi connectivity index (χ1n) is 9.68. The van der Waals surface area contributed by atoms with Gasteiger partial charge in [0.25, 0.3) is 0 Å². The third kappa shape index (κ3) is 4.47. The summed E-state index contributed by atoms with van der Waals surface area (Å²) in [5.74, 6) is -0.258. The van der Waals surface area contributed by atoms with Crippen LogP contribution in [0, 0.1) is 6.92 Å². The third-order valence-electron chi connectivity index (χ3n) is 5.11. The van der Waals surface area contributed by atoms with Gasteiger partial charge in [-0.1, -0.05) is 12.1 Å². The molecule has 0 amide bonds. The topological polar surface area (TPSA) is 64.3 Å². The molecule has 0 unspecified atom stereocenters. The Morgan fingerprint density at radius 2 is 1.91 bits per heavy atom. The predicted octanol–water partition coefficient (Wildman–Crippen LogP) is 5.84. The quantitative estimate of drug-likeness (QED) is 0.393. The fourth-order valence-corrected chi connectivity index (χ4v) is 4.46. The summed E-state index contributed by atoms with van der Waals surface area (Å²) < 4.78 is 46.1. The zero-order valence-electron chi connectivity index (χ0n) is 17.2. The van der Waals surface area contributed by atoms with Crippen molar-refractivity contribution in [1.29, 1.82) is 0 Å². The largest absolute Gasteiger partial charge is 0.488 e. The minimum atomic E-state index is -4.37. The normalized spacial score (nSPS) is 11.8. The standard InChI is InChI=1S/C23H19F3N2O3S/c1-13-20(32-22(27-13)14-3-5-16(6-4-14)23(24,25)26)12-31-17-7-8-18-15(9-21(29)30)11-28(2)19(18)10-17/h3-8,10-11H,9,12H2,1-2H3,(H,29,30). The number of aromatic nitrogens is 2. The van der Waals surface area contributed by atoms with Gasteiger partial charge in [-0.3, -0.25) is 4.79 Å². The molecule has 5 nitrogen and oxygen atoms in total. The van der Waals surface area contributed by atoms with Crippen molar-refractivity contribution in [3.63, 3.8) is 0 Å². The Labute approximate surface area is 185 Å². The zero-order chi connectivity index (χ0) is 23.0. The van der Waals surface area contributed by atoms with E-state index in [1.807, 2.05) is 30.7 Å². The molecular formula is C23H19F3N2O3S. The molecule has 0 saturated heterocycles. The van der Waals surface area contributed by atoms with Gasteiger partial charge in [-0.05, 0) is 36.8 Å². The average Bonchev–Trinajstić information content (AvgIpc) is 3.25. The van der Waals surface area contributed by atoms with Crippen molar-refractivity contribution in [3.05, 3.63) is 70.4 Å². The van der Waals surface area contributed by atoms with E-state index < -0.39 is 17.7 Å². The second kappa shape index (κ2) is 8.31. The molecule has 0 atom stereocenters. The van der Waals surface area contributed by atoms with Crippen LogP contribution in [0.4, 0.5) is 13.2 Å². The average molecular weight is 460 g/mol. The second-order valence-electron chi connectivity index (χ2n) is 7.41. The van der Waals surface area contributed by atoms with Crippen molar-refractivity contribution in [3.8, 4) is 16.3 Å². The lowest BCUT2D eigenvalue weighted by molar-refractivity contribution is -0.138. The molecule has 2 aromatic carbocycles. The smallest absolute Gasteiger partial charge is 0.416 e. The Balaban J connectivity index is 1.51. The van der Waals surface area contributed by atoms with E-state index in [1.165, 1.54) is 23.5 Å². The number of nitrogens with zero attached hydrogens (tertiary/aromatic N) is 2. The van der Waals surface area contributed by atoms with E-state index in [9.17, 15) is 18.0 Å². The van der Waals surface area contributed by atoms with Gasteiger partial charge in [-0.25, -0.2) is 4.98 Å². The number of hydrogen-bond acceptors (Lipinski definition) is 4. The first-order valence-corrected chi connectivity index (χ1v) is 10.5. The lowest BCUT2D eigenvalue weighted by Crippen LogP contribution is -2.03. The maximum Gasteiger partial charge on any atom is 0.416 e. The molecule has 32 heavy (non-hydrogen) atoms. The maximum atomic E-state index is 12.8. The SMILES string of the molecule is Cc1nc(-c2ccc(C(F)(F)F)cc2)sc1COc1ccc2c(CC(=O)O)cn(C)c2c1. The van der Waals surface area contributed by atoms with Gasteiger partial charge >= 0.3 is 12.1 Å². The van der Waals surface area contributed by atoms with Gasteiger partial charge in [0.05, 0.1) is 28.1 Å². The molecule has 4 rings (SSSR count). The van der Waals surface area contributed by atoms with Crippen LogP contribution in [0.1, 0.15) is 21.7 Å².